The molecule has 2 unspecified atom stereocenters. The maximum absolute atomic E-state index is 8.00. The first-order valence-electron chi connectivity index (χ1n) is 27.7. The molecule has 0 saturated heterocycles. The molecule has 7 aromatic rings. The highest BCUT2D eigenvalue weighted by molar-refractivity contribution is 6.07. The molecule has 0 aliphatic heterocycles. The van der Waals surface area contributed by atoms with E-state index in [0.717, 1.165) is 12.8 Å². The molecule has 0 aromatic heterocycles. The molecule has 0 radical (unpaired) electrons. The summed E-state index contributed by atoms with van der Waals surface area (Å²) < 4.78 is 0. The molecule has 0 bridgehead atoms. The van der Waals surface area contributed by atoms with Crippen molar-refractivity contribution in [2.24, 2.45) is 5.92 Å². The van der Waals surface area contributed by atoms with Crippen LogP contribution < -0.4 is 0 Å². The lowest BCUT2D eigenvalue weighted by Crippen LogP contribution is -2.29. The predicted molar refractivity (Wildman–Crippen MR) is 342 cm³/mol. The lowest BCUT2D eigenvalue weighted by atomic mass is 9.63. The van der Waals surface area contributed by atoms with Crippen molar-refractivity contribution in [2.45, 2.75) is 125 Å². The van der Waals surface area contributed by atoms with Gasteiger partial charge in [-0.1, -0.05) is 236 Å². The highest BCUT2D eigenvalue weighted by atomic mass is 16.1. The van der Waals surface area contributed by atoms with Crippen LogP contribution in [0.5, 0.6) is 0 Å². The minimum Gasteiger partial charge on any atom is -0.307 e. The first-order chi connectivity index (χ1) is 37.9. The summed E-state index contributed by atoms with van der Waals surface area (Å²) in [5, 5.41) is 0. The molecular formula is C77H84O2. The SMILES string of the molecule is C=C.C=C=C.C=O.C=O.CC1=CCCC=C1c1c(C)c(-c2ccccc2)cc2c1-c1ccc(C)cc1C2(C)C.Cc1ccc2c(c1)C(C)(C)C1=C3C(c4ccccc4C3(C)C)C(C)C(c3ccccc3C)=C12.Cc1ccccc1. The third kappa shape index (κ3) is 11.1. The predicted octanol–water partition coefficient (Wildman–Crippen LogP) is 20.3. The second-order valence-corrected chi connectivity index (χ2v) is 22.9. The van der Waals surface area contributed by atoms with Crippen molar-refractivity contribution in [3.63, 3.8) is 0 Å². The average Bonchev–Trinajstić information content (AvgIpc) is 4.09. The largest absolute Gasteiger partial charge is 0.307 e. The Kier molecular flexibility index (Phi) is 19.3. The Morgan fingerprint density at radius 2 is 1.00 bits per heavy atom. The van der Waals surface area contributed by atoms with Crippen LogP contribution in [0.3, 0.4) is 0 Å². The van der Waals surface area contributed by atoms with Crippen molar-refractivity contribution in [1.82, 2.24) is 0 Å². The standard InChI is InChI=1S/C33H34.C30H30.C7H8.C3H4.C2H4.2CH2O/c1-19-16-17-24-26(18-19)33(6,7)31-29(24)27(22-13-9-8-12-20(22)2)21(3)28-23-14-10-11-15-25(23)32(4,5)30(28)31;1-19-15-16-24-26(17-19)30(4,5)27-18-25(22-12-7-6-8-13-22)21(3)28(29(24)27)23-14-10-9-11-20(23)2;1-7-5-3-2-4-6-7;1-3-2;3*1-2/h8-18,21,28H,1-7H3;6-8,11-18H,9-10H2,1-5H3;2-6H,1H3;1-2H2;1-2H2;2*1H2. The summed E-state index contributed by atoms with van der Waals surface area (Å²) in [6.07, 6.45) is 7.15. The van der Waals surface area contributed by atoms with Gasteiger partial charge in [0.25, 0.3) is 0 Å². The van der Waals surface area contributed by atoms with Crippen LogP contribution in [0.2, 0.25) is 0 Å². The van der Waals surface area contributed by atoms with Crippen molar-refractivity contribution in [1.29, 1.82) is 0 Å². The van der Waals surface area contributed by atoms with Crippen LogP contribution in [0.1, 0.15) is 146 Å². The van der Waals surface area contributed by atoms with Crippen LogP contribution in [-0.4, -0.2) is 13.6 Å². The van der Waals surface area contributed by atoms with Gasteiger partial charge in [-0.15, -0.1) is 18.9 Å². The van der Waals surface area contributed by atoms with Crippen LogP contribution in [0.15, 0.2) is 213 Å². The van der Waals surface area contributed by atoms with Gasteiger partial charge in [0.15, 0.2) is 0 Å². The molecule has 0 fully saturated rings. The van der Waals surface area contributed by atoms with E-state index in [1.165, 1.54) is 111 Å². The minimum atomic E-state index is -0.0162. The molecule has 5 aliphatic rings. The van der Waals surface area contributed by atoms with Gasteiger partial charge in [-0.3, -0.25) is 0 Å². The molecule has 0 heterocycles. The second-order valence-electron chi connectivity index (χ2n) is 22.9. The van der Waals surface area contributed by atoms with Crippen molar-refractivity contribution in [2.75, 3.05) is 0 Å². The Morgan fingerprint density at radius 1 is 0.481 bits per heavy atom. The highest BCUT2D eigenvalue weighted by Gasteiger charge is 2.54. The molecule has 2 nitrogen and oxygen atoms in total. The fourth-order valence-corrected chi connectivity index (χ4v) is 13.4. The molecule has 0 spiro atoms. The molecule has 79 heavy (non-hydrogen) atoms. The topological polar surface area (TPSA) is 34.1 Å². The number of aryl methyl sites for hydroxylation is 4. The number of carbonyl (C=O) groups excluding carboxylic acids is 2. The lowest BCUT2D eigenvalue weighted by Gasteiger charge is -2.40. The van der Waals surface area contributed by atoms with Gasteiger partial charge in [-0.25, -0.2) is 0 Å². The molecule has 0 N–H and O–H groups in total. The summed E-state index contributed by atoms with van der Waals surface area (Å²) in [6.45, 7) is 46.7. The van der Waals surface area contributed by atoms with E-state index in [4.69, 9.17) is 9.59 Å². The van der Waals surface area contributed by atoms with Gasteiger partial charge < -0.3 is 9.59 Å². The monoisotopic (exact) mass is 1040 g/mol. The van der Waals surface area contributed by atoms with Crippen LogP contribution in [0, 0.1) is 40.5 Å². The molecule has 0 saturated carbocycles. The number of hydrogen-bond acceptors (Lipinski definition) is 2. The van der Waals surface area contributed by atoms with E-state index < -0.39 is 0 Å². The third-order valence-electron chi connectivity index (χ3n) is 16.9. The maximum Gasteiger partial charge on any atom is 0.106 e. The zero-order valence-electron chi connectivity index (χ0n) is 49.7. The van der Waals surface area contributed by atoms with Gasteiger partial charge in [0.1, 0.15) is 13.6 Å². The van der Waals surface area contributed by atoms with Crippen LogP contribution in [0.25, 0.3) is 39.0 Å². The summed E-state index contributed by atoms with van der Waals surface area (Å²) in [5.41, 5.74) is 35.5. The van der Waals surface area contributed by atoms with Gasteiger partial charge in [-0.2, -0.15) is 0 Å². The Balaban J connectivity index is 0.000000202. The normalized spacial score (nSPS) is 17.3. The quantitative estimate of drug-likeness (QED) is 0.131. The van der Waals surface area contributed by atoms with Crippen LogP contribution >= 0.6 is 0 Å². The van der Waals surface area contributed by atoms with E-state index in [9.17, 15) is 0 Å². The van der Waals surface area contributed by atoms with Gasteiger partial charge in [0, 0.05) is 22.2 Å². The Morgan fingerprint density at radius 3 is 1.57 bits per heavy atom. The lowest BCUT2D eigenvalue weighted by molar-refractivity contribution is -0.0987. The van der Waals surface area contributed by atoms with Crippen molar-refractivity contribution < 1.29 is 9.59 Å². The fraction of sp³-hybridized carbons (Fsp3) is 0.260. The van der Waals surface area contributed by atoms with E-state index in [1.807, 2.05) is 31.8 Å². The van der Waals surface area contributed by atoms with Gasteiger partial charge in [0.05, 0.1) is 0 Å². The number of carbonyl (C=O) groups is 2. The zero-order chi connectivity index (χ0) is 58.1. The fourth-order valence-electron chi connectivity index (χ4n) is 13.4. The molecular weight excluding hydrogens is 957 g/mol. The number of hydrogen-bond donors (Lipinski definition) is 0. The first-order valence-corrected chi connectivity index (χ1v) is 27.7. The van der Waals surface area contributed by atoms with E-state index in [1.54, 1.807) is 16.7 Å². The molecule has 12 rings (SSSR count). The second kappa shape index (κ2) is 25.3. The van der Waals surface area contributed by atoms with Crippen molar-refractivity contribution >= 4 is 30.3 Å². The van der Waals surface area contributed by atoms with E-state index >= 15 is 0 Å². The zero-order valence-corrected chi connectivity index (χ0v) is 49.7. The molecule has 404 valence electrons. The molecule has 2 heteroatoms. The van der Waals surface area contributed by atoms with E-state index in [-0.39, 0.29) is 16.2 Å². The van der Waals surface area contributed by atoms with Gasteiger partial charge in [0.2, 0.25) is 0 Å². The van der Waals surface area contributed by atoms with Crippen LogP contribution in [-0.2, 0) is 25.8 Å². The Labute approximate surface area is 475 Å². The first kappa shape index (κ1) is 60.3. The summed E-state index contributed by atoms with van der Waals surface area (Å²) in [4.78, 5) is 16.0. The molecule has 0 amide bonds. The maximum atomic E-state index is 8.00. The Bertz CT molecular complexity index is 3500. The summed E-state index contributed by atoms with van der Waals surface area (Å²) >= 11 is 0. The summed E-state index contributed by atoms with van der Waals surface area (Å²) in [7, 11) is 0. The van der Waals surface area contributed by atoms with Crippen molar-refractivity contribution in [3.05, 3.63) is 285 Å². The average molecular weight is 1040 g/mol. The molecule has 5 aliphatic carbocycles. The van der Waals surface area contributed by atoms with E-state index in [2.05, 4.69) is 268 Å². The van der Waals surface area contributed by atoms with Crippen molar-refractivity contribution in [3.8, 4) is 22.3 Å². The smallest absolute Gasteiger partial charge is 0.106 e. The van der Waals surface area contributed by atoms with Gasteiger partial charge in [-0.05, 0) is 178 Å². The van der Waals surface area contributed by atoms with Crippen LogP contribution in [0.4, 0.5) is 0 Å². The third-order valence-corrected chi connectivity index (χ3v) is 16.9. The minimum absolute atomic E-state index is 0.00445. The summed E-state index contributed by atoms with van der Waals surface area (Å²) in [6, 6.07) is 56.0. The number of allylic oxidation sites excluding steroid dienone is 8. The highest BCUT2D eigenvalue weighted by Crippen LogP contribution is 2.67. The number of rotatable bonds is 3. The van der Waals surface area contributed by atoms with E-state index in [0.29, 0.717) is 11.8 Å². The van der Waals surface area contributed by atoms with Gasteiger partial charge >= 0.3 is 0 Å². The number of benzene rings is 7. The molecule has 2 atom stereocenters. The number of fused-ring (bicyclic) bond motifs is 9. The Hall–Kier alpha value is -7.90. The summed E-state index contributed by atoms with van der Waals surface area (Å²) in [5.74, 6) is 0.852. The molecule has 7 aromatic carbocycles.